The Balaban J connectivity index is 0.855. The van der Waals surface area contributed by atoms with Crippen molar-refractivity contribution in [2.75, 3.05) is 13.1 Å². The average Bonchev–Trinajstić information content (AvgIpc) is 3.79. The van der Waals surface area contributed by atoms with E-state index >= 15 is 0 Å². The van der Waals surface area contributed by atoms with Crippen LogP contribution in [-0.4, -0.2) is 60.9 Å². The van der Waals surface area contributed by atoms with Crippen LogP contribution in [0.15, 0.2) is 72.8 Å². The third-order valence-corrected chi connectivity index (χ3v) is 10.3. The molecule has 0 aromatic heterocycles. The zero-order valence-electron chi connectivity index (χ0n) is 27.1. The molecule has 2 saturated heterocycles. The Morgan fingerprint density at radius 3 is 1.40 bits per heavy atom. The number of hydrogen-bond donors (Lipinski definition) is 6. The van der Waals surface area contributed by atoms with E-state index in [0.717, 1.165) is 38.5 Å². The van der Waals surface area contributed by atoms with Gasteiger partial charge in [0.2, 0.25) is 11.8 Å². The highest BCUT2D eigenvalue weighted by molar-refractivity contribution is 5.98. The van der Waals surface area contributed by atoms with Crippen LogP contribution >= 0.6 is 0 Å². The minimum absolute atomic E-state index is 0.0180. The van der Waals surface area contributed by atoms with Crippen molar-refractivity contribution < 1.29 is 19.2 Å². The largest absolute Gasteiger partial charge is 0.348 e. The van der Waals surface area contributed by atoms with Crippen LogP contribution in [0.25, 0.3) is 0 Å². The number of aryl methyl sites for hydroxylation is 2. The molecule has 4 amide bonds. The molecule has 0 unspecified atom stereocenters. The van der Waals surface area contributed by atoms with Crippen molar-refractivity contribution in [1.82, 2.24) is 31.9 Å². The predicted molar refractivity (Wildman–Crippen MR) is 182 cm³/mol. The maximum absolute atomic E-state index is 13.1. The highest BCUT2D eigenvalue weighted by atomic mass is 16.2. The van der Waals surface area contributed by atoms with Gasteiger partial charge in [-0.1, -0.05) is 48.5 Å². The van der Waals surface area contributed by atoms with Gasteiger partial charge in [0, 0.05) is 36.3 Å². The van der Waals surface area contributed by atoms with Gasteiger partial charge in [-0.3, -0.25) is 19.2 Å². The minimum atomic E-state index is -0.366. The van der Waals surface area contributed by atoms with Gasteiger partial charge in [0.25, 0.3) is 11.8 Å². The molecular weight excluding hydrogens is 604 g/mol. The number of nitrogens with one attached hydrogen (secondary N) is 6. The van der Waals surface area contributed by atoms with E-state index in [0.29, 0.717) is 37.1 Å². The number of carbonyl (C=O) groups excluding carboxylic acids is 4. The Kier molecular flexibility index (Phi) is 9.54. The van der Waals surface area contributed by atoms with Crippen LogP contribution in [0.5, 0.6) is 0 Å². The standard InChI is InChI=1S/C38H44N6O4/c45-35(41-27-19-33(39-21-27)37(47)43-31-13-5-9-23-7-1-3-11-29(23)31)25-15-17-26(18-16-25)36(46)42-28-20-34(40-22-28)38(48)44-32-14-6-10-24-8-2-4-12-30(24)32/h1-4,7-8,11-12,15-18,27-28,31-34,39-40H,5-6,9-10,13-14,19-22H2,(H,41,45)(H,42,46)(H,43,47)(H,44,48)/t27-,28-,31+,32+,33-,34-/m0/s1. The van der Waals surface area contributed by atoms with Gasteiger partial charge in [0.1, 0.15) is 0 Å². The van der Waals surface area contributed by atoms with Crippen molar-refractivity contribution in [1.29, 1.82) is 0 Å². The molecule has 250 valence electrons. The van der Waals surface area contributed by atoms with Gasteiger partial charge in [-0.15, -0.1) is 0 Å². The van der Waals surface area contributed by atoms with E-state index in [1.165, 1.54) is 22.3 Å². The first-order valence-electron chi connectivity index (χ1n) is 17.4. The summed E-state index contributed by atoms with van der Waals surface area (Å²) in [7, 11) is 0. The lowest BCUT2D eigenvalue weighted by molar-refractivity contribution is -0.124. The van der Waals surface area contributed by atoms with Crippen LogP contribution < -0.4 is 31.9 Å². The minimum Gasteiger partial charge on any atom is -0.348 e. The van der Waals surface area contributed by atoms with Crippen molar-refractivity contribution in [3.63, 3.8) is 0 Å². The normalized spacial score (nSPS) is 26.1. The number of benzene rings is 3. The van der Waals surface area contributed by atoms with E-state index in [2.05, 4.69) is 56.2 Å². The monoisotopic (exact) mass is 648 g/mol. The van der Waals surface area contributed by atoms with Crippen molar-refractivity contribution in [2.24, 2.45) is 0 Å². The highest BCUT2D eigenvalue weighted by Crippen LogP contribution is 2.31. The lowest BCUT2D eigenvalue weighted by Crippen LogP contribution is -2.42. The molecule has 6 N–H and O–H groups in total. The van der Waals surface area contributed by atoms with E-state index in [9.17, 15) is 19.2 Å². The summed E-state index contributed by atoms with van der Waals surface area (Å²) in [4.78, 5) is 52.2. The van der Waals surface area contributed by atoms with Crippen LogP contribution in [0.1, 0.15) is 93.6 Å². The Hall–Kier alpha value is -4.54. The number of amides is 4. The van der Waals surface area contributed by atoms with Gasteiger partial charge in [-0.25, -0.2) is 0 Å². The smallest absolute Gasteiger partial charge is 0.251 e. The summed E-state index contributed by atoms with van der Waals surface area (Å²) in [5, 5.41) is 19.0. The molecule has 7 rings (SSSR count). The summed E-state index contributed by atoms with van der Waals surface area (Å²) in [5.41, 5.74) is 5.89. The SMILES string of the molecule is O=C(N[C@@H]1CN[C@H](C(=O)N[C@@H]2CCCc3ccccc32)C1)c1ccc(C(=O)N[C@@H]2CN[C@H](C(=O)N[C@@H]3CCCc4ccccc43)C2)cc1. The lowest BCUT2D eigenvalue weighted by Gasteiger charge is -2.27. The summed E-state index contributed by atoms with van der Waals surface area (Å²) < 4.78 is 0. The van der Waals surface area contributed by atoms with Gasteiger partial charge in [0.05, 0.1) is 24.2 Å². The molecule has 3 aromatic rings. The lowest BCUT2D eigenvalue weighted by atomic mass is 9.87. The molecule has 48 heavy (non-hydrogen) atoms. The quantitative estimate of drug-likeness (QED) is 0.222. The maximum atomic E-state index is 13.1. The van der Waals surface area contributed by atoms with Crippen molar-refractivity contribution in [3.8, 4) is 0 Å². The molecule has 0 radical (unpaired) electrons. The summed E-state index contributed by atoms with van der Waals surface area (Å²) in [6.45, 7) is 1.02. The zero-order valence-corrected chi connectivity index (χ0v) is 27.1. The summed E-state index contributed by atoms with van der Waals surface area (Å²) >= 11 is 0. The van der Waals surface area contributed by atoms with E-state index in [4.69, 9.17) is 0 Å². The van der Waals surface area contributed by atoms with Gasteiger partial charge >= 0.3 is 0 Å². The first kappa shape index (κ1) is 32.0. The van der Waals surface area contributed by atoms with E-state index in [1.807, 2.05) is 24.3 Å². The van der Waals surface area contributed by atoms with Crippen molar-refractivity contribution in [2.45, 2.75) is 87.6 Å². The van der Waals surface area contributed by atoms with Crippen molar-refractivity contribution >= 4 is 23.6 Å². The molecule has 2 aliphatic carbocycles. The maximum Gasteiger partial charge on any atom is 0.251 e. The van der Waals surface area contributed by atoms with Gasteiger partial charge < -0.3 is 31.9 Å². The first-order chi connectivity index (χ1) is 23.4. The Bertz CT molecular complexity index is 1550. The predicted octanol–water partition coefficient (Wildman–Crippen LogP) is 2.99. The number of fused-ring (bicyclic) bond motifs is 2. The van der Waals surface area contributed by atoms with Crippen LogP contribution in [-0.2, 0) is 22.4 Å². The van der Waals surface area contributed by atoms with Crippen LogP contribution in [0.2, 0.25) is 0 Å². The molecular formula is C38H44N6O4. The van der Waals surface area contributed by atoms with Gasteiger partial charge in [-0.05, 0) is 97.9 Å². The molecule has 0 spiro atoms. The number of carbonyl (C=O) groups is 4. The number of rotatable bonds is 8. The molecule has 3 aromatic carbocycles. The molecule has 2 aliphatic heterocycles. The average molecular weight is 649 g/mol. The van der Waals surface area contributed by atoms with E-state index in [-0.39, 0.29) is 59.9 Å². The van der Waals surface area contributed by atoms with Crippen LogP contribution in [0, 0.1) is 0 Å². The molecule has 2 heterocycles. The highest BCUT2D eigenvalue weighted by Gasteiger charge is 2.34. The topological polar surface area (TPSA) is 140 Å². The summed E-state index contributed by atoms with van der Waals surface area (Å²) in [6.07, 6.45) is 7.05. The molecule has 2 fully saturated rings. The Labute approximate surface area is 281 Å². The fourth-order valence-corrected chi connectivity index (χ4v) is 7.75. The summed E-state index contributed by atoms with van der Waals surface area (Å²) in [6, 6.07) is 22.1. The van der Waals surface area contributed by atoms with Gasteiger partial charge in [-0.2, -0.15) is 0 Å². The molecule has 0 bridgehead atoms. The van der Waals surface area contributed by atoms with Crippen molar-refractivity contribution in [3.05, 3.63) is 106 Å². The molecule has 4 aliphatic rings. The Morgan fingerprint density at radius 2 is 0.958 bits per heavy atom. The fourth-order valence-electron chi connectivity index (χ4n) is 7.75. The Morgan fingerprint density at radius 1 is 0.542 bits per heavy atom. The number of hydrogen-bond acceptors (Lipinski definition) is 6. The molecule has 6 atom stereocenters. The third kappa shape index (κ3) is 7.15. The second-order valence-electron chi connectivity index (χ2n) is 13.6. The van der Waals surface area contributed by atoms with Crippen LogP contribution in [0.4, 0.5) is 0 Å². The molecule has 10 heteroatoms. The molecule has 10 nitrogen and oxygen atoms in total. The van der Waals surface area contributed by atoms with E-state index < -0.39 is 0 Å². The third-order valence-electron chi connectivity index (χ3n) is 10.3. The van der Waals surface area contributed by atoms with E-state index in [1.54, 1.807) is 24.3 Å². The van der Waals surface area contributed by atoms with Crippen LogP contribution in [0.3, 0.4) is 0 Å². The fraction of sp³-hybridized carbons (Fsp3) is 0.421. The van der Waals surface area contributed by atoms with Gasteiger partial charge in [0.15, 0.2) is 0 Å². The molecule has 0 saturated carbocycles. The first-order valence-corrected chi connectivity index (χ1v) is 17.4. The second kappa shape index (κ2) is 14.3. The second-order valence-corrected chi connectivity index (χ2v) is 13.6. The zero-order chi connectivity index (χ0) is 33.0. The summed E-state index contributed by atoms with van der Waals surface area (Å²) in [5.74, 6) is -0.567.